The minimum atomic E-state index is -0.325. The fourth-order valence-corrected chi connectivity index (χ4v) is 2.72. The largest absolute Gasteiger partial charge is 0.318 e. The highest BCUT2D eigenvalue weighted by Gasteiger charge is 2.21. The molecule has 6 heteroatoms. The number of aromatic nitrogens is 1. The summed E-state index contributed by atoms with van der Waals surface area (Å²) in [5.74, 6) is -0.325. The number of halogens is 1. The average Bonchev–Trinajstić information content (AvgIpc) is 2.81. The number of rotatable bonds is 4. The molecule has 0 unspecified atom stereocenters. The van der Waals surface area contributed by atoms with Crippen LogP contribution in [0.15, 0.2) is 30.3 Å². The number of benzene rings is 1. The van der Waals surface area contributed by atoms with Gasteiger partial charge >= 0.3 is 0 Å². The zero-order valence-corrected chi connectivity index (χ0v) is 13.6. The Bertz CT molecular complexity index is 810. The number of carbonyl (C=O) groups excluding carboxylic acids is 1. The van der Waals surface area contributed by atoms with E-state index >= 15 is 0 Å². The van der Waals surface area contributed by atoms with Gasteiger partial charge in [-0.25, -0.2) is 0 Å². The van der Waals surface area contributed by atoms with E-state index in [1.165, 1.54) is 4.90 Å². The number of nitriles is 2. The van der Waals surface area contributed by atoms with Gasteiger partial charge in [-0.2, -0.15) is 10.5 Å². The molecule has 5 nitrogen and oxygen atoms in total. The quantitative estimate of drug-likeness (QED) is 0.810. The Morgan fingerprint density at radius 2 is 1.87 bits per heavy atom. The molecule has 1 heterocycles. The van der Waals surface area contributed by atoms with Crippen LogP contribution >= 0.6 is 11.6 Å². The second-order valence-corrected chi connectivity index (χ2v) is 5.51. The average molecular weight is 327 g/mol. The van der Waals surface area contributed by atoms with Crippen LogP contribution in [0.2, 0.25) is 5.02 Å². The molecular weight excluding hydrogens is 312 g/mol. The van der Waals surface area contributed by atoms with Gasteiger partial charge in [0, 0.05) is 22.1 Å². The molecule has 0 aliphatic rings. The molecule has 116 valence electrons. The van der Waals surface area contributed by atoms with Crippen LogP contribution in [-0.2, 0) is 0 Å². The van der Waals surface area contributed by atoms with Crippen molar-refractivity contribution in [2.45, 2.75) is 13.8 Å². The predicted octanol–water partition coefficient (Wildman–Crippen LogP) is 3.24. The Kier molecular flexibility index (Phi) is 5.05. The van der Waals surface area contributed by atoms with Crippen LogP contribution in [-0.4, -0.2) is 28.5 Å². The zero-order valence-electron chi connectivity index (χ0n) is 12.9. The summed E-state index contributed by atoms with van der Waals surface area (Å²) in [7, 11) is 0. The summed E-state index contributed by atoms with van der Waals surface area (Å²) in [4.78, 5) is 13.8. The number of aryl methyl sites for hydroxylation is 1. The molecule has 2 rings (SSSR count). The van der Waals surface area contributed by atoms with Crippen molar-refractivity contribution >= 4 is 17.5 Å². The van der Waals surface area contributed by atoms with Crippen molar-refractivity contribution in [3.63, 3.8) is 0 Å². The van der Waals surface area contributed by atoms with Crippen molar-refractivity contribution in [3.05, 3.63) is 52.3 Å². The van der Waals surface area contributed by atoms with Crippen LogP contribution in [0.4, 0.5) is 0 Å². The van der Waals surface area contributed by atoms with Gasteiger partial charge in [0.25, 0.3) is 5.91 Å². The fourth-order valence-electron chi connectivity index (χ4n) is 2.53. The molecule has 0 fully saturated rings. The van der Waals surface area contributed by atoms with Crippen molar-refractivity contribution in [2.75, 3.05) is 13.1 Å². The minimum absolute atomic E-state index is 0.118. The van der Waals surface area contributed by atoms with Crippen LogP contribution in [0, 0.1) is 36.5 Å². The molecule has 1 amide bonds. The highest BCUT2D eigenvalue weighted by atomic mass is 35.5. The van der Waals surface area contributed by atoms with Crippen LogP contribution in [0.5, 0.6) is 0 Å². The van der Waals surface area contributed by atoms with E-state index in [0.29, 0.717) is 10.6 Å². The van der Waals surface area contributed by atoms with Crippen molar-refractivity contribution < 1.29 is 4.79 Å². The molecule has 23 heavy (non-hydrogen) atoms. The van der Waals surface area contributed by atoms with E-state index in [-0.39, 0.29) is 19.0 Å². The van der Waals surface area contributed by atoms with Crippen LogP contribution in [0.3, 0.4) is 0 Å². The van der Waals surface area contributed by atoms with Gasteiger partial charge in [0.05, 0.1) is 17.7 Å². The lowest BCUT2D eigenvalue weighted by Gasteiger charge is -2.16. The number of amides is 1. The molecule has 0 aliphatic carbocycles. The monoisotopic (exact) mass is 326 g/mol. The highest BCUT2D eigenvalue weighted by Crippen LogP contribution is 2.23. The normalized spacial score (nSPS) is 9.96. The van der Waals surface area contributed by atoms with E-state index in [0.717, 1.165) is 17.1 Å². The molecule has 0 saturated heterocycles. The summed E-state index contributed by atoms with van der Waals surface area (Å²) < 4.78 is 1.93. The maximum atomic E-state index is 12.6. The van der Waals surface area contributed by atoms with Gasteiger partial charge in [0.2, 0.25) is 0 Å². The molecule has 0 atom stereocenters. The van der Waals surface area contributed by atoms with Gasteiger partial charge in [-0.3, -0.25) is 4.79 Å². The third-order valence-electron chi connectivity index (χ3n) is 3.54. The molecule has 0 radical (unpaired) electrons. The number of carbonyl (C=O) groups is 1. The lowest BCUT2D eigenvalue weighted by atomic mass is 10.2. The van der Waals surface area contributed by atoms with E-state index < -0.39 is 0 Å². The van der Waals surface area contributed by atoms with Crippen molar-refractivity contribution in [1.82, 2.24) is 9.47 Å². The first-order valence-electron chi connectivity index (χ1n) is 6.97. The van der Waals surface area contributed by atoms with E-state index in [2.05, 4.69) is 0 Å². The lowest BCUT2D eigenvalue weighted by molar-refractivity contribution is 0.0794. The smallest absolute Gasteiger partial charge is 0.257 e. The molecule has 1 aromatic heterocycles. The van der Waals surface area contributed by atoms with Gasteiger partial charge in [-0.1, -0.05) is 17.7 Å². The Morgan fingerprint density at radius 1 is 1.22 bits per heavy atom. The molecule has 0 spiro atoms. The molecule has 0 bridgehead atoms. The topological polar surface area (TPSA) is 72.8 Å². The summed E-state index contributed by atoms with van der Waals surface area (Å²) in [6.45, 7) is 3.49. The first-order valence-corrected chi connectivity index (χ1v) is 7.35. The maximum absolute atomic E-state index is 12.6. The van der Waals surface area contributed by atoms with E-state index in [9.17, 15) is 4.79 Å². The van der Waals surface area contributed by atoms with E-state index in [1.54, 1.807) is 12.1 Å². The second kappa shape index (κ2) is 7.00. The minimum Gasteiger partial charge on any atom is -0.318 e. The Balaban J connectivity index is 2.47. The van der Waals surface area contributed by atoms with Crippen molar-refractivity contribution in [2.24, 2.45) is 0 Å². The van der Waals surface area contributed by atoms with E-state index in [1.807, 2.05) is 48.8 Å². The van der Waals surface area contributed by atoms with Gasteiger partial charge in [-0.05, 0) is 38.1 Å². The Hall–Kier alpha value is -2.76. The van der Waals surface area contributed by atoms with Gasteiger partial charge in [0.1, 0.15) is 13.1 Å². The number of hydrogen-bond donors (Lipinski definition) is 0. The lowest BCUT2D eigenvalue weighted by Crippen LogP contribution is -2.32. The molecule has 0 N–H and O–H groups in total. The standard InChI is InChI=1S/C17H15ClN4O/c1-12-10-16(17(23)21(8-6-19)9-7-20)13(2)22(12)15-5-3-4-14(18)11-15/h3-5,10-11H,8-9H2,1-2H3. The third kappa shape index (κ3) is 3.36. The number of nitrogens with zero attached hydrogens (tertiary/aromatic N) is 4. The molecule has 1 aromatic carbocycles. The first kappa shape index (κ1) is 16.6. The predicted molar refractivity (Wildman–Crippen MR) is 87.4 cm³/mol. The second-order valence-electron chi connectivity index (χ2n) is 5.08. The summed E-state index contributed by atoms with van der Waals surface area (Å²) >= 11 is 6.04. The summed E-state index contributed by atoms with van der Waals surface area (Å²) in [5, 5.41) is 18.3. The van der Waals surface area contributed by atoms with Gasteiger partial charge in [-0.15, -0.1) is 0 Å². The van der Waals surface area contributed by atoms with E-state index in [4.69, 9.17) is 22.1 Å². The fraction of sp³-hybridized carbons (Fsp3) is 0.235. The summed E-state index contributed by atoms with van der Waals surface area (Å²) in [6.07, 6.45) is 0. The van der Waals surface area contributed by atoms with Gasteiger partial charge in [0.15, 0.2) is 0 Å². The van der Waals surface area contributed by atoms with Crippen molar-refractivity contribution in [1.29, 1.82) is 10.5 Å². The zero-order chi connectivity index (χ0) is 17.0. The third-order valence-corrected chi connectivity index (χ3v) is 3.77. The van der Waals surface area contributed by atoms with Crippen LogP contribution in [0.25, 0.3) is 5.69 Å². The molecule has 0 saturated carbocycles. The molecular formula is C17H15ClN4O. The molecule has 0 aliphatic heterocycles. The molecule has 2 aromatic rings. The maximum Gasteiger partial charge on any atom is 0.257 e. The van der Waals surface area contributed by atoms with Gasteiger partial charge < -0.3 is 9.47 Å². The van der Waals surface area contributed by atoms with Crippen LogP contribution in [0.1, 0.15) is 21.7 Å². The Labute approximate surface area is 139 Å². The van der Waals surface area contributed by atoms with Crippen LogP contribution < -0.4 is 0 Å². The highest BCUT2D eigenvalue weighted by molar-refractivity contribution is 6.30. The SMILES string of the molecule is Cc1cc(C(=O)N(CC#N)CC#N)c(C)n1-c1cccc(Cl)c1. The summed E-state index contributed by atoms with van der Waals surface area (Å²) in [6, 6.07) is 12.9. The number of hydrogen-bond acceptors (Lipinski definition) is 3. The van der Waals surface area contributed by atoms with Crippen molar-refractivity contribution in [3.8, 4) is 17.8 Å². The summed E-state index contributed by atoms with van der Waals surface area (Å²) in [5.41, 5.74) is 2.96. The first-order chi connectivity index (χ1) is 11.0. The Morgan fingerprint density at radius 3 is 2.43 bits per heavy atom.